The SMILES string of the molecule is CC(=O)CC1(C)CC(C(C)=O)C[C@@]2(C)C1CC[C@]1(C)[C@@H]2CC=C2[C@@H]3[C@@H](C)[C@H](C)CC[C@]3(C(=O)O)CC[C@]21C. The third-order valence-electron chi connectivity index (χ3n) is 14.1. The van der Waals surface area contributed by atoms with E-state index in [-0.39, 0.29) is 45.1 Å². The number of fused-ring (bicyclic) bond motifs is 7. The first-order chi connectivity index (χ1) is 17.6. The number of ketones is 2. The number of carboxylic acid groups (broad SMARTS) is 1. The molecule has 5 aliphatic carbocycles. The zero-order valence-electron chi connectivity index (χ0n) is 25.3. The summed E-state index contributed by atoms with van der Waals surface area (Å²) < 4.78 is 0. The number of allylic oxidation sites excluding steroid dienone is 2. The monoisotopic (exact) mass is 524 g/mol. The highest BCUT2D eigenvalue weighted by Gasteiger charge is 2.70. The molecule has 0 aromatic heterocycles. The molecule has 1 N–H and O–H groups in total. The second-order valence-corrected chi connectivity index (χ2v) is 15.9. The number of hydrogen-bond acceptors (Lipinski definition) is 3. The van der Waals surface area contributed by atoms with E-state index in [4.69, 9.17) is 0 Å². The molecule has 11 atom stereocenters. The van der Waals surface area contributed by atoms with Gasteiger partial charge in [0.1, 0.15) is 11.6 Å². The molecule has 3 unspecified atom stereocenters. The average Bonchev–Trinajstić information content (AvgIpc) is 2.80. The van der Waals surface area contributed by atoms with Crippen LogP contribution in [0.3, 0.4) is 0 Å². The molecule has 0 aromatic rings. The van der Waals surface area contributed by atoms with Crippen LogP contribution >= 0.6 is 0 Å². The van der Waals surface area contributed by atoms with E-state index in [0.717, 1.165) is 57.8 Å². The van der Waals surface area contributed by atoms with Gasteiger partial charge in [-0.05, 0) is 123 Å². The van der Waals surface area contributed by atoms with Crippen LogP contribution in [0.15, 0.2) is 11.6 Å². The molecule has 0 spiro atoms. The Kier molecular flexibility index (Phi) is 6.49. The lowest BCUT2D eigenvalue weighted by Gasteiger charge is -2.71. The first kappa shape index (κ1) is 28.1. The van der Waals surface area contributed by atoms with E-state index in [9.17, 15) is 19.5 Å². The number of carbonyl (C=O) groups is 3. The molecule has 0 saturated heterocycles. The van der Waals surface area contributed by atoms with E-state index in [1.807, 2.05) is 0 Å². The van der Waals surface area contributed by atoms with Crippen LogP contribution in [-0.2, 0) is 14.4 Å². The van der Waals surface area contributed by atoms with Crippen molar-refractivity contribution in [2.75, 3.05) is 0 Å². The lowest BCUT2D eigenvalue weighted by atomic mass is 9.32. The fourth-order valence-electron chi connectivity index (χ4n) is 12.0. The summed E-state index contributed by atoms with van der Waals surface area (Å²) in [6.07, 6.45) is 11.6. The molecule has 5 aliphatic rings. The summed E-state index contributed by atoms with van der Waals surface area (Å²) in [5.74, 6) is 1.85. The van der Waals surface area contributed by atoms with Gasteiger partial charge in [0.15, 0.2) is 0 Å². The van der Waals surface area contributed by atoms with Gasteiger partial charge in [0.25, 0.3) is 0 Å². The summed E-state index contributed by atoms with van der Waals surface area (Å²) in [6.45, 7) is 17.9. The number of aliphatic carboxylic acids is 1. The Morgan fingerprint density at radius 1 is 0.921 bits per heavy atom. The average molecular weight is 525 g/mol. The number of carboxylic acids is 1. The Morgan fingerprint density at radius 2 is 1.61 bits per heavy atom. The molecule has 0 amide bonds. The normalized spacial score (nSPS) is 51.9. The Bertz CT molecular complexity index is 1070. The molecule has 0 bridgehead atoms. The van der Waals surface area contributed by atoms with E-state index in [2.05, 4.69) is 47.6 Å². The van der Waals surface area contributed by atoms with E-state index in [0.29, 0.717) is 30.1 Å². The Hall–Kier alpha value is -1.45. The van der Waals surface area contributed by atoms with Gasteiger partial charge in [0.05, 0.1) is 5.41 Å². The molecular weight excluding hydrogens is 472 g/mol. The van der Waals surface area contributed by atoms with Crippen LogP contribution in [0.25, 0.3) is 0 Å². The van der Waals surface area contributed by atoms with Crippen molar-refractivity contribution < 1.29 is 19.5 Å². The zero-order valence-corrected chi connectivity index (χ0v) is 25.3. The summed E-state index contributed by atoms with van der Waals surface area (Å²) in [4.78, 5) is 38.3. The molecule has 0 aromatic carbocycles. The topological polar surface area (TPSA) is 71.4 Å². The van der Waals surface area contributed by atoms with Crippen LogP contribution in [-0.4, -0.2) is 22.6 Å². The van der Waals surface area contributed by atoms with Gasteiger partial charge >= 0.3 is 5.97 Å². The summed E-state index contributed by atoms with van der Waals surface area (Å²) >= 11 is 0. The van der Waals surface area contributed by atoms with Crippen LogP contribution in [0.5, 0.6) is 0 Å². The molecule has 4 fully saturated rings. The predicted molar refractivity (Wildman–Crippen MR) is 150 cm³/mol. The number of carbonyl (C=O) groups excluding carboxylic acids is 2. The molecule has 0 radical (unpaired) electrons. The van der Waals surface area contributed by atoms with E-state index >= 15 is 0 Å². The van der Waals surface area contributed by atoms with Crippen LogP contribution in [0.1, 0.15) is 120 Å². The molecule has 38 heavy (non-hydrogen) atoms. The van der Waals surface area contributed by atoms with E-state index in [1.165, 1.54) is 5.57 Å². The van der Waals surface area contributed by atoms with Gasteiger partial charge in [-0.25, -0.2) is 0 Å². The fourth-order valence-corrected chi connectivity index (χ4v) is 12.0. The van der Waals surface area contributed by atoms with Gasteiger partial charge in [0, 0.05) is 12.3 Å². The van der Waals surface area contributed by atoms with Gasteiger partial charge < -0.3 is 9.90 Å². The lowest BCUT2D eigenvalue weighted by molar-refractivity contribution is -0.199. The van der Waals surface area contributed by atoms with Crippen molar-refractivity contribution in [3.05, 3.63) is 11.6 Å². The van der Waals surface area contributed by atoms with Crippen molar-refractivity contribution in [2.45, 2.75) is 120 Å². The number of hydrogen-bond donors (Lipinski definition) is 1. The smallest absolute Gasteiger partial charge is 0.310 e. The van der Waals surface area contributed by atoms with Gasteiger partial charge in [-0.1, -0.05) is 53.2 Å². The van der Waals surface area contributed by atoms with Gasteiger partial charge in [-0.3, -0.25) is 9.59 Å². The summed E-state index contributed by atoms with van der Waals surface area (Å²) in [5.41, 5.74) is 0.717. The van der Waals surface area contributed by atoms with Crippen LogP contribution in [0, 0.1) is 62.6 Å². The first-order valence-corrected chi connectivity index (χ1v) is 15.5. The fraction of sp³-hybridized carbons (Fsp3) is 0.853. The van der Waals surface area contributed by atoms with Crippen molar-refractivity contribution in [1.82, 2.24) is 0 Å². The van der Waals surface area contributed by atoms with Crippen molar-refractivity contribution in [1.29, 1.82) is 0 Å². The van der Waals surface area contributed by atoms with Crippen LogP contribution in [0.2, 0.25) is 0 Å². The van der Waals surface area contributed by atoms with Gasteiger partial charge in [0.2, 0.25) is 0 Å². The minimum absolute atomic E-state index is 0.0103. The standard InChI is InChI=1S/C34H52O4/c1-20-11-14-34(29(37)38)16-15-32(7)25(28(34)22(20)3)9-10-27-31(6)19-24(23(4)36)18-30(5,17-21(2)35)26(31)12-13-33(27,32)8/h9,20,22,24,26-28H,10-19H2,1-8H3,(H,37,38)/t20-,22+,24?,26?,27-,28+,30?,31+,32-,33-,34+/m1/s1. The van der Waals surface area contributed by atoms with Crippen molar-refractivity contribution >= 4 is 17.5 Å². The summed E-state index contributed by atoms with van der Waals surface area (Å²) in [6, 6.07) is 0. The minimum atomic E-state index is -0.619. The summed E-state index contributed by atoms with van der Waals surface area (Å²) in [5, 5.41) is 10.6. The first-order valence-electron chi connectivity index (χ1n) is 15.5. The van der Waals surface area contributed by atoms with Crippen LogP contribution in [0.4, 0.5) is 0 Å². The zero-order chi connectivity index (χ0) is 28.1. The van der Waals surface area contributed by atoms with E-state index < -0.39 is 11.4 Å². The minimum Gasteiger partial charge on any atom is -0.481 e. The van der Waals surface area contributed by atoms with Crippen molar-refractivity contribution in [3.8, 4) is 0 Å². The quantitative estimate of drug-likeness (QED) is 0.380. The molecule has 212 valence electrons. The molecule has 0 aliphatic heterocycles. The third-order valence-corrected chi connectivity index (χ3v) is 14.1. The maximum Gasteiger partial charge on any atom is 0.310 e. The van der Waals surface area contributed by atoms with Crippen molar-refractivity contribution in [3.63, 3.8) is 0 Å². The predicted octanol–water partition coefficient (Wildman–Crippen LogP) is 7.89. The van der Waals surface area contributed by atoms with Crippen molar-refractivity contribution in [2.24, 2.45) is 62.6 Å². The lowest BCUT2D eigenvalue weighted by Crippen LogP contribution is -2.65. The molecule has 0 heterocycles. The Morgan fingerprint density at radius 3 is 2.21 bits per heavy atom. The molecular formula is C34H52O4. The maximum atomic E-state index is 12.9. The molecule has 5 rings (SSSR count). The number of rotatable bonds is 4. The molecule has 4 heteroatoms. The number of Topliss-reactive ketones (excluding diaryl/α,β-unsaturated/α-hetero) is 2. The van der Waals surface area contributed by atoms with Crippen LogP contribution < -0.4 is 0 Å². The highest BCUT2D eigenvalue weighted by Crippen LogP contribution is 2.76. The second kappa shape index (κ2) is 8.77. The maximum absolute atomic E-state index is 12.9. The van der Waals surface area contributed by atoms with Gasteiger partial charge in [-0.2, -0.15) is 0 Å². The van der Waals surface area contributed by atoms with E-state index in [1.54, 1.807) is 13.8 Å². The second-order valence-electron chi connectivity index (χ2n) is 15.9. The van der Waals surface area contributed by atoms with Gasteiger partial charge in [-0.15, -0.1) is 0 Å². The highest BCUT2D eigenvalue weighted by atomic mass is 16.4. The highest BCUT2D eigenvalue weighted by molar-refractivity contribution is 5.80. The summed E-state index contributed by atoms with van der Waals surface area (Å²) in [7, 11) is 0. The largest absolute Gasteiger partial charge is 0.481 e. The Labute approximate surface area is 230 Å². The molecule has 4 nitrogen and oxygen atoms in total. The molecule has 4 saturated carbocycles. The Balaban J connectivity index is 1.62. The third kappa shape index (κ3) is 3.56.